The number of hydrogen-bond acceptors (Lipinski definition) is 3. The molecule has 2 aliphatic rings. The number of rotatable bonds is 2. The molecule has 3 N–H and O–H groups in total. The van der Waals surface area contributed by atoms with Crippen LogP contribution in [-0.2, 0) is 22.6 Å². The van der Waals surface area contributed by atoms with Crippen molar-refractivity contribution in [2.75, 3.05) is 13.1 Å². The Bertz CT molecular complexity index is 538. The number of hydrogen-bond donors (Lipinski definition) is 2. The fraction of sp³-hybridized carbons (Fsp3) is 0.467. The van der Waals surface area contributed by atoms with E-state index in [0.29, 0.717) is 19.5 Å². The van der Waals surface area contributed by atoms with E-state index < -0.39 is 11.9 Å². The largest absolute Gasteiger partial charge is 0.368 e. The summed E-state index contributed by atoms with van der Waals surface area (Å²) in [6, 6.07) is 7.42. The number of primary amides is 1. The third-order valence-electron chi connectivity index (χ3n) is 4.27. The van der Waals surface area contributed by atoms with Gasteiger partial charge in [0.05, 0.1) is 5.92 Å². The molecule has 1 fully saturated rings. The molecule has 0 spiro atoms. The quantitative estimate of drug-likeness (QED) is 0.798. The molecular formula is C15H19N3O2. The number of fused-ring (bicyclic) bond motifs is 1. The second-order valence-electron chi connectivity index (χ2n) is 5.55. The fourth-order valence-electron chi connectivity index (χ4n) is 3.11. The smallest absolute Gasteiger partial charge is 0.240 e. The highest BCUT2D eigenvalue weighted by atomic mass is 16.2. The molecule has 2 aliphatic heterocycles. The summed E-state index contributed by atoms with van der Waals surface area (Å²) in [5, 5.41) is 3.19. The number of carbonyl (C=O) groups is 2. The molecule has 1 saturated heterocycles. The van der Waals surface area contributed by atoms with Crippen LogP contribution in [0.2, 0.25) is 0 Å². The Morgan fingerprint density at radius 1 is 1.25 bits per heavy atom. The SMILES string of the molecule is NC(=O)C1Cc2ccccc2CN1C(=O)C1CCNC1. The van der Waals surface area contributed by atoms with Gasteiger partial charge in [0.15, 0.2) is 0 Å². The number of nitrogens with zero attached hydrogens (tertiary/aromatic N) is 1. The van der Waals surface area contributed by atoms with E-state index in [1.165, 1.54) is 0 Å². The lowest BCUT2D eigenvalue weighted by Crippen LogP contribution is -2.53. The highest BCUT2D eigenvalue weighted by Crippen LogP contribution is 2.25. The average Bonchev–Trinajstić information content (AvgIpc) is 2.99. The van der Waals surface area contributed by atoms with Gasteiger partial charge in [0.25, 0.3) is 0 Å². The number of nitrogens with one attached hydrogen (secondary N) is 1. The minimum atomic E-state index is -0.516. The first kappa shape index (κ1) is 13.1. The summed E-state index contributed by atoms with van der Waals surface area (Å²) in [4.78, 5) is 26.0. The van der Waals surface area contributed by atoms with Gasteiger partial charge in [-0.2, -0.15) is 0 Å². The molecule has 2 unspecified atom stereocenters. The van der Waals surface area contributed by atoms with Crippen LogP contribution >= 0.6 is 0 Å². The van der Waals surface area contributed by atoms with Gasteiger partial charge < -0.3 is 16.0 Å². The molecule has 0 saturated carbocycles. The molecule has 0 aliphatic carbocycles. The molecule has 2 atom stereocenters. The first-order valence-corrected chi connectivity index (χ1v) is 7.04. The van der Waals surface area contributed by atoms with Crippen LogP contribution in [0.3, 0.4) is 0 Å². The van der Waals surface area contributed by atoms with E-state index in [2.05, 4.69) is 5.32 Å². The van der Waals surface area contributed by atoms with Crippen molar-refractivity contribution in [1.29, 1.82) is 0 Å². The van der Waals surface area contributed by atoms with Crippen molar-refractivity contribution in [3.8, 4) is 0 Å². The molecule has 5 heteroatoms. The summed E-state index contributed by atoms with van der Waals surface area (Å²) in [6.45, 7) is 2.05. The van der Waals surface area contributed by atoms with E-state index in [-0.39, 0.29) is 11.8 Å². The van der Waals surface area contributed by atoms with E-state index in [1.54, 1.807) is 4.90 Å². The van der Waals surface area contributed by atoms with Gasteiger partial charge in [-0.3, -0.25) is 9.59 Å². The van der Waals surface area contributed by atoms with Crippen LogP contribution in [0.5, 0.6) is 0 Å². The molecule has 2 heterocycles. The van der Waals surface area contributed by atoms with Gasteiger partial charge in [0.2, 0.25) is 11.8 Å². The van der Waals surface area contributed by atoms with Crippen molar-refractivity contribution in [3.63, 3.8) is 0 Å². The maximum Gasteiger partial charge on any atom is 0.240 e. The minimum absolute atomic E-state index is 0.0258. The topological polar surface area (TPSA) is 75.4 Å². The second kappa shape index (κ2) is 5.25. The zero-order valence-electron chi connectivity index (χ0n) is 11.3. The number of amides is 2. The van der Waals surface area contributed by atoms with Crippen molar-refractivity contribution >= 4 is 11.8 Å². The molecule has 1 aromatic rings. The predicted molar refractivity (Wildman–Crippen MR) is 74.7 cm³/mol. The Morgan fingerprint density at radius 3 is 2.65 bits per heavy atom. The van der Waals surface area contributed by atoms with Crippen molar-refractivity contribution in [2.45, 2.75) is 25.4 Å². The molecule has 20 heavy (non-hydrogen) atoms. The standard InChI is InChI=1S/C15H19N3O2/c16-14(19)13-7-10-3-1-2-4-12(10)9-18(13)15(20)11-5-6-17-8-11/h1-4,11,13,17H,5-9H2,(H2,16,19). The number of nitrogens with two attached hydrogens (primary N) is 1. The first-order valence-electron chi connectivity index (χ1n) is 7.04. The highest BCUT2D eigenvalue weighted by molar-refractivity contribution is 5.88. The van der Waals surface area contributed by atoms with Gasteiger partial charge in [-0.25, -0.2) is 0 Å². The highest BCUT2D eigenvalue weighted by Gasteiger charge is 2.36. The van der Waals surface area contributed by atoms with E-state index in [0.717, 1.165) is 24.1 Å². The van der Waals surface area contributed by atoms with Crippen molar-refractivity contribution in [3.05, 3.63) is 35.4 Å². The van der Waals surface area contributed by atoms with Crippen LogP contribution in [0.15, 0.2) is 24.3 Å². The van der Waals surface area contributed by atoms with Gasteiger partial charge in [-0.1, -0.05) is 24.3 Å². The van der Waals surface area contributed by atoms with Crippen LogP contribution < -0.4 is 11.1 Å². The Balaban J connectivity index is 1.88. The van der Waals surface area contributed by atoms with E-state index in [4.69, 9.17) is 5.73 Å². The van der Waals surface area contributed by atoms with Crippen LogP contribution in [0, 0.1) is 5.92 Å². The molecule has 3 rings (SSSR count). The summed E-state index contributed by atoms with van der Waals surface area (Å²) in [5.41, 5.74) is 7.73. The fourth-order valence-corrected chi connectivity index (χ4v) is 3.11. The average molecular weight is 273 g/mol. The summed E-state index contributed by atoms with van der Waals surface area (Å²) < 4.78 is 0. The predicted octanol–water partition coefficient (Wildman–Crippen LogP) is 0.0347. The van der Waals surface area contributed by atoms with Crippen molar-refractivity contribution in [2.24, 2.45) is 11.7 Å². The lowest BCUT2D eigenvalue weighted by Gasteiger charge is -2.36. The third-order valence-corrected chi connectivity index (χ3v) is 4.27. The lowest BCUT2D eigenvalue weighted by molar-refractivity contribution is -0.143. The normalized spacial score (nSPS) is 25.3. The van der Waals surface area contributed by atoms with E-state index in [1.807, 2.05) is 24.3 Å². The second-order valence-corrected chi connectivity index (χ2v) is 5.55. The maximum atomic E-state index is 12.6. The molecule has 2 amide bonds. The Hall–Kier alpha value is -1.88. The molecule has 106 valence electrons. The molecule has 0 radical (unpaired) electrons. The molecule has 5 nitrogen and oxygen atoms in total. The summed E-state index contributed by atoms with van der Waals surface area (Å²) >= 11 is 0. The monoisotopic (exact) mass is 273 g/mol. The number of benzene rings is 1. The maximum absolute atomic E-state index is 12.6. The van der Waals surface area contributed by atoms with Crippen molar-refractivity contribution < 1.29 is 9.59 Å². The van der Waals surface area contributed by atoms with E-state index in [9.17, 15) is 9.59 Å². The summed E-state index contributed by atoms with van der Waals surface area (Å²) in [5.74, 6) is -0.394. The van der Waals surface area contributed by atoms with Crippen LogP contribution in [-0.4, -0.2) is 35.8 Å². The van der Waals surface area contributed by atoms with Gasteiger partial charge in [-0.05, 0) is 24.1 Å². The van der Waals surface area contributed by atoms with Gasteiger partial charge in [0, 0.05) is 19.5 Å². The van der Waals surface area contributed by atoms with E-state index >= 15 is 0 Å². The molecular weight excluding hydrogens is 254 g/mol. The Morgan fingerprint density at radius 2 is 2.00 bits per heavy atom. The minimum Gasteiger partial charge on any atom is -0.368 e. The molecule has 0 aromatic heterocycles. The summed E-state index contributed by atoms with van der Waals surface area (Å²) in [6.07, 6.45) is 1.36. The van der Waals surface area contributed by atoms with Gasteiger partial charge in [-0.15, -0.1) is 0 Å². The van der Waals surface area contributed by atoms with Crippen LogP contribution in [0.1, 0.15) is 17.5 Å². The zero-order chi connectivity index (χ0) is 14.1. The molecule has 1 aromatic carbocycles. The lowest BCUT2D eigenvalue weighted by atomic mass is 9.92. The third kappa shape index (κ3) is 2.29. The first-order chi connectivity index (χ1) is 9.66. The zero-order valence-corrected chi connectivity index (χ0v) is 11.3. The van der Waals surface area contributed by atoms with Crippen LogP contribution in [0.4, 0.5) is 0 Å². The molecule has 0 bridgehead atoms. The van der Waals surface area contributed by atoms with Gasteiger partial charge in [0.1, 0.15) is 6.04 Å². The van der Waals surface area contributed by atoms with Crippen molar-refractivity contribution in [1.82, 2.24) is 10.2 Å². The Labute approximate surface area is 118 Å². The van der Waals surface area contributed by atoms with Crippen LogP contribution in [0.25, 0.3) is 0 Å². The summed E-state index contributed by atoms with van der Waals surface area (Å²) in [7, 11) is 0. The number of carbonyl (C=O) groups excluding carboxylic acids is 2. The van der Waals surface area contributed by atoms with Gasteiger partial charge >= 0.3 is 0 Å². The Kier molecular flexibility index (Phi) is 3.44.